The van der Waals surface area contributed by atoms with Gasteiger partial charge in [0.1, 0.15) is 5.75 Å². The molecule has 3 heteroatoms. The molecule has 0 bridgehead atoms. The Kier molecular flexibility index (Phi) is 4.61. The lowest BCUT2D eigenvalue weighted by molar-refractivity contribution is 0.176. The molecule has 2 aromatic carbocycles. The van der Waals surface area contributed by atoms with Gasteiger partial charge < -0.3 is 9.84 Å². The fourth-order valence-corrected chi connectivity index (χ4v) is 2.65. The number of aliphatic hydroxyl groups excluding tert-OH is 1. The topological polar surface area (TPSA) is 29.5 Å². The Morgan fingerprint density at radius 2 is 1.89 bits per heavy atom. The van der Waals surface area contributed by atoms with Gasteiger partial charge in [-0.2, -0.15) is 0 Å². The Morgan fingerprint density at radius 1 is 1.16 bits per heavy atom. The minimum Gasteiger partial charge on any atom is -0.496 e. The number of ether oxygens (including phenoxy) is 1. The fraction of sp³-hybridized carbons (Fsp3) is 0.250. The van der Waals surface area contributed by atoms with E-state index in [-0.39, 0.29) is 0 Å². The van der Waals surface area contributed by atoms with E-state index in [1.165, 1.54) is 0 Å². The van der Waals surface area contributed by atoms with Gasteiger partial charge in [-0.05, 0) is 29.7 Å². The molecule has 0 spiro atoms. The number of methoxy groups -OCH3 is 1. The monoisotopic (exact) mass is 320 g/mol. The molecule has 100 valence electrons. The van der Waals surface area contributed by atoms with Crippen molar-refractivity contribution in [3.8, 4) is 5.75 Å². The Bertz CT molecular complexity index is 566. The van der Waals surface area contributed by atoms with Gasteiger partial charge in [0.05, 0.1) is 13.2 Å². The number of benzene rings is 2. The lowest BCUT2D eigenvalue weighted by Crippen LogP contribution is -2.04. The Morgan fingerprint density at radius 3 is 2.63 bits per heavy atom. The molecule has 0 fully saturated rings. The Labute approximate surface area is 122 Å². The van der Waals surface area contributed by atoms with Gasteiger partial charge in [0.25, 0.3) is 0 Å². The van der Waals surface area contributed by atoms with Crippen LogP contribution in [0.15, 0.2) is 46.9 Å². The third kappa shape index (κ3) is 3.17. The van der Waals surface area contributed by atoms with Gasteiger partial charge in [-0.25, -0.2) is 0 Å². The average Bonchev–Trinajstić information content (AvgIpc) is 2.42. The van der Waals surface area contributed by atoms with E-state index in [0.29, 0.717) is 6.42 Å². The van der Waals surface area contributed by atoms with Crippen LogP contribution in [-0.2, 0) is 6.42 Å². The largest absolute Gasteiger partial charge is 0.496 e. The second-order valence-corrected chi connectivity index (χ2v) is 5.30. The van der Waals surface area contributed by atoms with Crippen LogP contribution in [0, 0.1) is 6.92 Å². The number of aryl methyl sites for hydroxylation is 1. The molecule has 0 aliphatic carbocycles. The van der Waals surface area contributed by atoms with Crippen molar-refractivity contribution in [3.05, 3.63) is 63.6 Å². The molecule has 0 aliphatic heterocycles. The lowest BCUT2D eigenvalue weighted by Gasteiger charge is -2.16. The summed E-state index contributed by atoms with van der Waals surface area (Å²) in [6.07, 6.45) is -0.0166. The molecule has 19 heavy (non-hydrogen) atoms. The third-order valence-electron chi connectivity index (χ3n) is 3.19. The summed E-state index contributed by atoms with van der Waals surface area (Å²) >= 11 is 3.54. The first-order valence-electron chi connectivity index (χ1n) is 6.18. The Balaban J connectivity index is 2.26. The van der Waals surface area contributed by atoms with E-state index in [1.807, 2.05) is 49.4 Å². The van der Waals surface area contributed by atoms with Crippen LogP contribution in [0.3, 0.4) is 0 Å². The first kappa shape index (κ1) is 14.1. The van der Waals surface area contributed by atoms with Crippen molar-refractivity contribution in [2.75, 3.05) is 7.11 Å². The number of rotatable bonds is 4. The van der Waals surface area contributed by atoms with Crippen molar-refractivity contribution in [3.63, 3.8) is 0 Å². The number of para-hydroxylation sites is 1. The molecule has 2 nitrogen and oxygen atoms in total. The van der Waals surface area contributed by atoms with E-state index in [4.69, 9.17) is 4.74 Å². The summed E-state index contributed by atoms with van der Waals surface area (Å²) in [5, 5.41) is 10.4. The predicted molar refractivity (Wildman–Crippen MR) is 80.5 cm³/mol. The maximum atomic E-state index is 10.4. The molecule has 0 aliphatic rings. The fourth-order valence-electron chi connectivity index (χ4n) is 2.12. The highest BCUT2D eigenvalue weighted by Crippen LogP contribution is 2.30. The predicted octanol–water partition coefficient (Wildman–Crippen LogP) is 4.04. The zero-order valence-electron chi connectivity index (χ0n) is 11.1. The lowest BCUT2D eigenvalue weighted by atomic mass is 9.99. The molecule has 1 unspecified atom stereocenters. The molecule has 0 heterocycles. The van der Waals surface area contributed by atoms with E-state index in [9.17, 15) is 5.11 Å². The molecule has 1 N–H and O–H groups in total. The zero-order chi connectivity index (χ0) is 13.8. The maximum absolute atomic E-state index is 10.4. The summed E-state index contributed by atoms with van der Waals surface area (Å²) in [5.74, 6) is 0.810. The van der Waals surface area contributed by atoms with Crippen molar-refractivity contribution in [2.45, 2.75) is 19.4 Å². The van der Waals surface area contributed by atoms with E-state index < -0.39 is 6.10 Å². The van der Waals surface area contributed by atoms with Gasteiger partial charge >= 0.3 is 0 Å². The van der Waals surface area contributed by atoms with Crippen LogP contribution < -0.4 is 4.74 Å². The van der Waals surface area contributed by atoms with E-state index >= 15 is 0 Å². The minimum atomic E-state index is -0.550. The number of aliphatic hydroxyl groups is 1. The summed E-state index contributed by atoms with van der Waals surface area (Å²) < 4.78 is 6.28. The molecule has 0 saturated carbocycles. The van der Waals surface area contributed by atoms with E-state index in [0.717, 1.165) is 26.9 Å². The van der Waals surface area contributed by atoms with Crippen molar-refractivity contribution in [1.29, 1.82) is 0 Å². The van der Waals surface area contributed by atoms with Crippen LogP contribution in [0.1, 0.15) is 22.8 Å². The SMILES string of the molecule is COc1ccccc1CC(O)c1cccc(C)c1Br. The Hall–Kier alpha value is -1.32. The van der Waals surface area contributed by atoms with Crippen molar-refractivity contribution >= 4 is 15.9 Å². The molecular formula is C16H17BrO2. The van der Waals surface area contributed by atoms with Crippen LogP contribution in [-0.4, -0.2) is 12.2 Å². The van der Waals surface area contributed by atoms with Gasteiger partial charge in [-0.15, -0.1) is 0 Å². The molecule has 0 radical (unpaired) electrons. The number of hydrogen-bond donors (Lipinski definition) is 1. The van der Waals surface area contributed by atoms with Gasteiger partial charge in [0, 0.05) is 10.9 Å². The van der Waals surface area contributed by atoms with Crippen molar-refractivity contribution in [1.82, 2.24) is 0 Å². The minimum absolute atomic E-state index is 0.534. The van der Waals surface area contributed by atoms with Gasteiger partial charge in [0.15, 0.2) is 0 Å². The molecular weight excluding hydrogens is 304 g/mol. The summed E-state index contributed by atoms with van der Waals surface area (Å²) in [7, 11) is 1.65. The molecule has 1 atom stereocenters. The van der Waals surface area contributed by atoms with E-state index in [1.54, 1.807) is 7.11 Å². The standard InChI is InChI=1S/C16H17BrO2/c1-11-6-5-8-13(16(11)17)14(18)10-12-7-3-4-9-15(12)19-2/h3-9,14,18H,10H2,1-2H3. The highest BCUT2D eigenvalue weighted by Gasteiger charge is 2.15. The molecule has 0 aromatic heterocycles. The van der Waals surface area contributed by atoms with Gasteiger partial charge in [0.2, 0.25) is 0 Å². The first-order valence-corrected chi connectivity index (χ1v) is 6.97. The van der Waals surface area contributed by atoms with Crippen molar-refractivity contribution < 1.29 is 9.84 Å². The van der Waals surface area contributed by atoms with Gasteiger partial charge in [-0.1, -0.05) is 52.3 Å². The highest BCUT2D eigenvalue weighted by molar-refractivity contribution is 9.10. The molecule has 2 aromatic rings. The molecule has 0 amide bonds. The molecule has 2 rings (SSSR count). The van der Waals surface area contributed by atoms with Crippen molar-refractivity contribution in [2.24, 2.45) is 0 Å². The molecule has 0 saturated heterocycles. The summed E-state index contributed by atoms with van der Waals surface area (Å²) in [5.41, 5.74) is 3.04. The highest BCUT2D eigenvalue weighted by atomic mass is 79.9. The summed E-state index contributed by atoms with van der Waals surface area (Å²) in [4.78, 5) is 0. The first-order chi connectivity index (χ1) is 9.13. The number of hydrogen-bond acceptors (Lipinski definition) is 2. The van der Waals surface area contributed by atoms with Crippen LogP contribution in [0.4, 0.5) is 0 Å². The summed E-state index contributed by atoms with van der Waals surface area (Å²) in [6, 6.07) is 13.7. The zero-order valence-corrected chi connectivity index (χ0v) is 12.6. The normalized spacial score (nSPS) is 12.2. The van der Waals surface area contributed by atoms with Crippen LogP contribution in [0.5, 0.6) is 5.75 Å². The quantitative estimate of drug-likeness (QED) is 0.921. The van der Waals surface area contributed by atoms with Crippen LogP contribution in [0.25, 0.3) is 0 Å². The average molecular weight is 321 g/mol. The van der Waals surface area contributed by atoms with Gasteiger partial charge in [-0.3, -0.25) is 0 Å². The number of halogens is 1. The smallest absolute Gasteiger partial charge is 0.122 e. The third-order valence-corrected chi connectivity index (χ3v) is 4.27. The second kappa shape index (κ2) is 6.22. The summed E-state index contributed by atoms with van der Waals surface area (Å²) in [6.45, 7) is 2.02. The van der Waals surface area contributed by atoms with E-state index in [2.05, 4.69) is 15.9 Å². The van der Waals surface area contributed by atoms with Crippen LogP contribution >= 0.6 is 15.9 Å². The second-order valence-electron chi connectivity index (χ2n) is 4.51. The maximum Gasteiger partial charge on any atom is 0.122 e. The van der Waals surface area contributed by atoms with Crippen LogP contribution in [0.2, 0.25) is 0 Å².